The standard InChI is InChI=1S/C15H25N3/c1-16(2)15-7-5-14(6-8-15)13-18-10-4-9-17(3)11-12-18/h5-8H,4,9-13H2,1-3H3/p+2. The minimum atomic E-state index is 1.18. The van der Waals surface area contributed by atoms with Gasteiger partial charge in [0, 0.05) is 31.8 Å². The minimum Gasteiger partial charge on any atom is -0.378 e. The molecule has 1 aliphatic rings. The molecule has 1 fully saturated rings. The summed E-state index contributed by atoms with van der Waals surface area (Å²) >= 11 is 0. The van der Waals surface area contributed by atoms with E-state index in [1.807, 2.05) is 0 Å². The largest absolute Gasteiger partial charge is 0.378 e. The van der Waals surface area contributed by atoms with Gasteiger partial charge < -0.3 is 14.7 Å². The number of hydrogen-bond donors (Lipinski definition) is 2. The molecule has 0 aliphatic carbocycles. The van der Waals surface area contributed by atoms with Gasteiger partial charge in [-0.3, -0.25) is 0 Å². The molecular formula is C15H27N3+2. The van der Waals surface area contributed by atoms with Crippen LogP contribution in [0.1, 0.15) is 12.0 Å². The predicted octanol–water partition coefficient (Wildman–Crippen LogP) is -0.944. The van der Waals surface area contributed by atoms with Gasteiger partial charge in [-0.25, -0.2) is 0 Å². The van der Waals surface area contributed by atoms with Crippen molar-refractivity contribution in [2.24, 2.45) is 0 Å². The SMILES string of the molecule is CN(C)c1ccc(C[NH+]2CCC[NH+](C)CC2)cc1. The fraction of sp³-hybridized carbons (Fsp3) is 0.600. The van der Waals surface area contributed by atoms with Crippen LogP contribution in [0.4, 0.5) is 5.69 Å². The van der Waals surface area contributed by atoms with Gasteiger partial charge in [0.25, 0.3) is 0 Å². The zero-order chi connectivity index (χ0) is 13.0. The number of likely N-dealkylation sites (N-methyl/N-ethyl adjacent to an activating group) is 1. The molecule has 0 aromatic heterocycles. The molecule has 1 saturated heterocycles. The maximum atomic E-state index is 2.31. The lowest BCUT2D eigenvalue weighted by Crippen LogP contribution is -3.15. The average molecular weight is 249 g/mol. The van der Waals surface area contributed by atoms with Crippen molar-refractivity contribution in [3.63, 3.8) is 0 Å². The molecule has 1 aromatic carbocycles. The molecule has 2 N–H and O–H groups in total. The number of hydrogen-bond acceptors (Lipinski definition) is 1. The summed E-state index contributed by atoms with van der Waals surface area (Å²) in [5, 5.41) is 0. The van der Waals surface area contributed by atoms with Crippen LogP contribution in [0, 0.1) is 0 Å². The molecule has 1 aliphatic heterocycles. The Morgan fingerprint density at radius 1 is 1.00 bits per heavy atom. The Kier molecular flexibility index (Phi) is 4.61. The van der Waals surface area contributed by atoms with E-state index < -0.39 is 0 Å². The highest BCUT2D eigenvalue weighted by atomic mass is 15.2. The third-order valence-corrected chi connectivity index (χ3v) is 3.95. The van der Waals surface area contributed by atoms with Crippen molar-refractivity contribution in [2.75, 3.05) is 52.2 Å². The van der Waals surface area contributed by atoms with E-state index in [0.29, 0.717) is 0 Å². The summed E-state index contributed by atoms with van der Waals surface area (Å²) in [6.07, 6.45) is 1.36. The van der Waals surface area contributed by atoms with E-state index in [0.717, 1.165) is 0 Å². The second-order valence-corrected chi connectivity index (χ2v) is 5.80. The van der Waals surface area contributed by atoms with Crippen molar-refractivity contribution in [3.05, 3.63) is 29.8 Å². The first-order valence-corrected chi connectivity index (χ1v) is 7.06. The third-order valence-electron chi connectivity index (χ3n) is 3.95. The van der Waals surface area contributed by atoms with E-state index in [2.05, 4.69) is 50.3 Å². The smallest absolute Gasteiger partial charge is 0.127 e. The first-order chi connectivity index (χ1) is 8.65. The first-order valence-electron chi connectivity index (χ1n) is 7.06. The first kappa shape index (κ1) is 13.4. The molecule has 3 heteroatoms. The van der Waals surface area contributed by atoms with Crippen molar-refractivity contribution < 1.29 is 9.80 Å². The molecule has 0 saturated carbocycles. The zero-order valence-electron chi connectivity index (χ0n) is 12.0. The van der Waals surface area contributed by atoms with Gasteiger partial charge in [-0.15, -0.1) is 0 Å². The van der Waals surface area contributed by atoms with Gasteiger partial charge in [-0.1, -0.05) is 12.1 Å². The molecular weight excluding hydrogens is 222 g/mol. The molecule has 1 aromatic rings. The Hall–Kier alpha value is -1.06. The van der Waals surface area contributed by atoms with Gasteiger partial charge in [-0.05, 0) is 12.1 Å². The van der Waals surface area contributed by atoms with Crippen molar-refractivity contribution in [1.29, 1.82) is 0 Å². The Balaban J connectivity index is 1.92. The number of quaternary nitrogens is 2. The normalized spacial score (nSPS) is 24.6. The van der Waals surface area contributed by atoms with E-state index in [-0.39, 0.29) is 0 Å². The van der Waals surface area contributed by atoms with Gasteiger partial charge in [-0.2, -0.15) is 0 Å². The molecule has 0 amide bonds. The van der Waals surface area contributed by atoms with E-state index in [1.54, 1.807) is 9.80 Å². The van der Waals surface area contributed by atoms with Crippen LogP contribution in [0.25, 0.3) is 0 Å². The lowest BCUT2D eigenvalue weighted by atomic mass is 10.2. The van der Waals surface area contributed by atoms with Crippen LogP contribution in [0.15, 0.2) is 24.3 Å². The maximum Gasteiger partial charge on any atom is 0.127 e. The number of benzene rings is 1. The van der Waals surface area contributed by atoms with Crippen molar-refractivity contribution in [1.82, 2.24) is 0 Å². The van der Waals surface area contributed by atoms with Crippen LogP contribution >= 0.6 is 0 Å². The second-order valence-electron chi connectivity index (χ2n) is 5.80. The Morgan fingerprint density at radius 2 is 1.72 bits per heavy atom. The number of rotatable bonds is 3. The summed E-state index contributed by atoms with van der Waals surface area (Å²) in [6.45, 7) is 6.46. The van der Waals surface area contributed by atoms with Crippen molar-refractivity contribution >= 4 is 5.69 Å². The Labute approximate surface area is 111 Å². The summed E-state index contributed by atoms with van der Waals surface area (Å²) in [6, 6.07) is 9.02. The van der Waals surface area contributed by atoms with Crippen LogP contribution in [-0.4, -0.2) is 47.3 Å². The Bertz CT molecular complexity index is 359. The molecule has 18 heavy (non-hydrogen) atoms. The summed E-state index contributed by atoms with van der Waals surface area (Å²) in [7, 11) is 6.50. The average Bonchev–Trinajstić information content (AvgIpc) is 2.55. The monoisotopic (exact) mass is 249 g/mol. The molecule has 1 heterocycles. The van der Waals surface area contributed by atoms with E-state index in [4.69, 9.17) is 0 Å². The second kappa shape index (κ2) is 6.21. The summed E-state index contributed by atoms with van der Waals surface area (Å²) in [5.74, 6) is 0. The molecule has 0 spiro atoms. The predicted molar refractivity (Wildman–Crippen MR) is 76.4 cm³/mol. The van der Waals surface area contributed by atoms with Gasteiger partial charge in [0.2, 0.25) is 0 Å². The molecule has 2 unspecified atom stereocenters. The fourth-order valence-corrected chi connectivity index (χ4v) is 2.66. The zero-order valence-corrected chi connectivity index (χ0v) is 12.0. The minimum absolute atomic E-state index is 1.18. The summed E-state index contributed by atoms with van der Waals surface area (Å²) in [4.78, 5) is 5.58. The molecule has 2 rings (SSSR count). The lowest BCUT2D eigenvalue weighted by molar-refractivity contribution is -0.938. The summed E-state index contributed by atoms with van der Waals surface area (Å²) in [5.41, 5.74) is 2.75. The molecule has 100 valence electrons. The van der Waals surface area contributed by atoms with E-state index in [1.165, 1.54) is 50.4 Å². The van der Waals surface area contributed by atoms with Crippen LogP contribution in [0.2, 0.25) is 0 Å². The Morgan fingerprint density at radius 3 is 2.39 bits per heavy atom. The topological polar surface area (TPSA) is 12.1 Å². The molecule has 2 atom stereocenters. The number of nitrogens with one attached hydrogen (secondary N) is 2. The third kappa shape index (κ3) is 3.72. The van der Waals surface area contributed by atoms with E-state index >= 15 is 0 Å². The quantitative estimate of drug-likeness (QED) is 0.704. The fourth-order valence-electron chi connectivity index (χ4n) is 2.66. The highest BCUT2D eigenvalue weighted by Gasteiger charge is 2.17. The van der Waals surface area contributed by atoms with Crippen LogP contribution in [-0.2, 0) is 6.54 Å². The molecule has 3 nitrogen and oxygen atoms in total. The van der Waals surface area contributed by atoms with Gasteiger partial charge in [0.1, 0.15) is 19.6 Å². The summed E-state index contributed by atoms with van der Waals surface area (Å²) < 4.78 is 0. The maximum absolute atomic E-state index is 2.31. The van der Waals surface area contributed by atoms with Crippen molar-refractivity contribution in [2.45, 2.75) is 13.0 Å². The number of nitrogens with zero attached hydrogens (tertiary/aromatic N) is 1. The number of anilines is 1. The van der Waals surface area contributed by atoms with Crippen LogP contribution < -0.4 is 14.7 Å². The van der Waals surface area contributed by atoms with Crippen LogP contribution in [0.3, 0.4) is 0 Å². The van der Waals surface area contributed by atoms with Gasteiger partial charge in [0.15, 0.2) is 0 Å². The highest BCUT2D eigenvalue weighted by molar-refractivity contribution is 5.45. The van der Waals surface area contributed by atoms with Crippen LogP contribution in [0.5, 0.6) is 0 Å². The molecule has 0 bridgehead atoms. The lowest BCUT2D eigenvalue weighted by Gasteiger charge is -2.17. The highest BCUT2D eigenvalue weighted by Crippen LogP contribution is 2.11. The van der Waals surface area contributed by atoms with Crippen molar-refractivity contribution in [3.8, 4) is 0 Å². The van der Waals surface area contributed by atoms with Gasteiger partial charge >= 0.3 is 0 Å². The van der Waals surface area contributed by atoms with E-state index in [9.17, 15) is 0 Å². The molecule has 0 radical (unpaired) electrons. The van der Waals surface area contributed by atoms with Gasteiger partial charge in [0.05, 0.1) is 20.1 Å².